The number of allylic oxidation sites excluding steroid dienone is 3. The number of esters is 1. The zero-order valence-electron chi connectivity index (χ0n) is 17.0. The van der Waals surface area contributed by atoms with Crippen molar-refractivity contribution in [2.75, 3.05) is 7.11 Å². The first-order chi connectivity index (χ1) is 13.3. The average Bonchev–Trinajstić information content (AvgIpc) is 2.65. The minimum atomic E-state index is -0.393. The van der Waals surface area contributed by atoms with Crippen LogP contribution in [0.3, 0.4) is 0 Å². The predicted molar refractivity (Wildman–Crippen MR) is 106 cm³/mol. The third-order valence-corrected chi connectivity index (χ3v) is 5.98. The van der Waals surface area contributed by atoms with E-state index in [1.165, 1.54) is 7.11 Å². The molecule has 28 heavy (non-hydrogen) atoms. The van der Waals surface area contributed by atoms with Gasteiger partial charge < -0.3 is 14.8 Å². The van der Waals surface area contributed by atoms with E-state index in [0.717, 1.165) is 54.0 Å². The van der Waals surface area contributed by atoms with Crippen molar-refractivity contribution >= 4 is 11.8 Å². The molecular formula is C23H27NO4. The highest BCUT2D eigenvalue weighted by Gasteiger charge is 2.39. The van der Waals surface area contributed by atoms with Crippen LogP contribution in [-0.4, -0.2) is 24.5 Å². The molecule has 0 spiro atoms. The molecule has 2 heterocycles. The highest BCUT2D eigenvalue weighted by molar-refractivity contribution is 6.03. The number of carbonyl (C=O) groups excluding carboxylic acids is 2. The second-order valence-corrected chi connectivity index (χ2v) is 8.49. The van der Waals surface area contributed by atoms with Crippen LogP contribution in [0.2, 0.25) is 0 Å². The van der Waals surface area contributed by atoms with Crippen LogP contribution in [0.5, 0.6) is 5.75 Å². The van der Waals surface area contributed by atoms with Gasteiger partial charge in [-0.1, -0.05) is 12.1 Å². The Bertz CT molecular complexity index is 923. The maximum Gasteiger partial charge on any atom is 0.336 e. The molecular weight excluding hydrogens is 354 g/mol. The van der Waals surface area contributed by atoms with Crippen LogP contribution in [0, 0.1) is 0 Å². The first-order valence-electron chi connectivity index (χ1n) is 9.95. The molecule has 148 valence electrons. The summed E-state index contributed by atoms with van der Waals surface area (Å²) in [6.07, 6.45) is 4.03. The number of hydrogen-bond donors (Lipinski definition) is 1. The zero-order chi connectivity index (χ0) is 20.1. The van der Waals surface area contributed by atoms with Crippen molar-refractivity contribution < 1.29 is 19.1 Å². The number of methoxy groups -OCH3 is 1. The molecule has 4 rings (SSSR count). The largest absolute Gasteiger partial charge is 0.488 e. The molecule has 2 aliphatic heterocycles. The molecule has 0 unspecified atom stereocenters. The molecule has 0 fully saturated rings. The number of ketones is 1. The number of fused-ring (bicyclic) bond motifs is 1. The van der Waals surface area contributed by atoms with Gasteiger partial charge in [-0.3, -0.25) is 4.79 Å². The van der Waals surface area contributed by atoms with Crippen LogP contribution >= 0.6 is 0 Å². The second kappa shape index (κ2) is 6.80. The van der Waals surface area contributed by atoms with Crippen LogP contribution in [0.1, 0.15) is 63.5 Å². The van der Waals surface area contributed by atoms with Crippen LogP contribution in [0.15, 0.2) is 40.7 Å². The maximum atomic E-state index is 12.9. The van der Waals surface area contributed by atoms with Crippen molar-refractivity contribution in [2.45, 2.75) is 64.4 Å². The number of nitrogens with one attached hydrogen (secondary N) is 1. The summed E-state index contributed by atoms with van der Waals surface area (Å²) in [7, 11) is 1.38. The number of hydrogen-bond acceptors (Lipinski definition) is 5. The Balaban J connectivity index is 1.84. The minimum absolute atomic E-state index is 0.114. The molecule has 0 radical (unpaired) electrons. The summed E-state index contributed by atoms with van der Waals surface area (Å²) in [5.41, 5.74) is 4.85. The highest BCUT2D eigenvalue weighted by Crippen LogP contribution is 2.44. The summed E-state index contributed by atoms with van der Waals surface area (Å²) in [6.45, 7) is 6.07. The van der Waals surface area contributed by atoms with Crippen molar-refractivity contribution in [3.05, 3.63) is 51.9 Å². The van der Waals surface area contributed by atoms with Gasteiger partial charge in [-0.2, -0.15) is 0 Å². The van der Waals surface area contributed by atoms with E-state index >= 15 is 0 Å². The molecule has 5 heteroatoms. The fourth-order valence-electron chi connectivity index (χ4n) is 4.56. The van der Waals surface area contributed by atoms with Gasteiger partial charge in [-0.25, -0.2) is 4.79 Å². The topological polar surface area (TPSA) is 64.6 Å². The van der Waals surface area contributed by atoms with Crippen LogP contribution in [-0.2, 0) is 20.7 Å². The molecule has 1 aromatic carbocycles. The normalized spacial score (nSPS) is 23.4. The first kappa shape index (κ1) is 18.8. The monoisotopic (exact) mass is 381 g/mol. The second-order valence-electron chi connectivity index (χ2n) is 8.49. The number of aryl methyl sites for hydroxylation is 1. The van der Waals surface area contributed by atoms with E-state index in [2.05, 4.69) is 25.2 Å². The SMILES string of the molecule is COC(=O)C1=C(C)NC2=C(C(=O)CCC2)[C@@H]1c1ccc2c(c1)CCC(C)(C)O2. The molecule has 5 nitrogen and oxygen atoms in total. The van der Waals surface area contributed by atoms with E-state index in [1.807, 2.05) is 19.1 Å². The van der Waals surface area contributed by atoms with Crippen LogP contribution < -0.4 is 10.1 Å². The molecule has 0 saturated heterocycles. The Kier molecular flexibility index (Phi) is 4.56. The molecule has 1 aromatic rings. The van der Waals surface area contributed by atoms with Crippen molar-refractivity contribution in [3.63, 3.8) is 0 Å². The van der Waals surface area contributed by atoms with Crippen molar-refractivity contribution in [2.24, 2.45) is 0 Å². The van der Waals surface area contributed by atoms with Gasteiger partial charge in [0.25, 0.3) is 0 Å². The lowest BCUT2D eigenvalue weighted by molar-refractivity contribution is -0.136. The van der Waals surface area contributed by atoms with Gasteiger partial charge in [0.05, 0.1) is 12.7 Å². The summed E-state index contributed by atoms with van der Waals surface area (Å²) >= 11 is 0. The average molecular weight is 381 g/mol. The summed E-state index contributed by atoms with van der Waals surface area (Å²) in [5, 5.41) is 3.30. The number of rotatable bonds is 2. The quantitative estimate of drug-likeness (QED) is 0.787. The van der Waals surface area contributed by atoms with E-state index in [-0.39, 0.29) is 11.4 Å². The third-order valence-electron chi connectivity index (χ3n) is 5.98. The molecule has 1 atom stereocenters. The summed E-state index contributed by atoms with van der Waals surface area (Å²) in [4.78, 5) is 25.5. The summed E-state index contributed by atoms with van der Waals surface area (Å²) in [5.74, 6) is 0.216. The molecule has 0 bridgehead atoms. The minimum Gasteiger partial charge on any atom is -0.488 e. The van der Waals surface area contributed by atoms with E-state index < -0.39 is 11.9 Å². The lowest BCUT2D eigenvalue weighted by Crippen LogP contribution is -2.35. The van der Waals surface area contributed by atoms with E-state index in [4.69, 9.17) is 9.47 Å². The standard InChI is InChI=1S/C23H27NO4/c1-13-19(22(26)27-4)20(21-16(24-13)6-5-7-17(21)25)15-8-9-18-14(12-15)10-11-23(2,3)28-18/h8-9,12,20,24H,5-7,10-11H2,1-4H3/t20-/m1/s1. The van der Waals surface area contributed by atoms with Gasteiger partial charge in [-0.15, -0.1) is 0 Å². The van der Waals surface area contributed by atoms with Gasteiger partial charge in [0, 0.05) is 29.3 Å². The van der Waals surface area contributed by atoms with E-state index in [1.54, 1.807) is 0 Å². The number of Topliss-reactive ketones (excluding diaryl/α,β-unsaturated/α-hetero) is 1. The van der Waals surface area contributed by atoms with Crippen molar-refractivity contribution in [1.29, 1.82) is 0 Å². The third kappa shape index (κ3) is 3.13. The Hall–Kier alpha value is -2.56. The number of carbonyl (C=O) groups is 2. The number of ether oxygens (including phenoxy) is 2. The van der Waals surface area contributed by atoms with E-state index in [0.29, 0.717) is 17.6 Å². The Morgan fingerprint density at radius 3 is 2.79 bits per heavy atom. The van der Waals surface area contributed by atoms with Crippen molar-refractivity contribution in [1.82, 2.24) is 5.32 Å². The van der Waals surface area contributed by atoms with Crippen LogP contribution in [0.25, 0.3) is 0 Å². The Labute approximate surface area is 165 Å². The van der Waals surface area contributed by atoms with Gasteiger partial charge in [0.15, 0.2) is 5.78 Å². The predicted octanol–water partition coefficient (Wildman–Crippen LogP) is 3.93. The van der Waals surface area contributed by atoms with Gasteiger partial charge >= 0.3 is 5.97 Å². The molecule has 3 aliphatic rings. The van der Waals surface area contributed by atoms with Crippen LogP contribution in [0.4, 0.5) is 0 Å². The molecule has 0 saturated carbocycles. The lowest BCUT2D eigenvalue weighted by atomic mass is 9.74. The molecule has 0 amide bonds. The van der Waals surface area contributed by atoms with E-state index in [9.17, 15) is 9.59 Å². The number of dihydropyridines is 1. The smallest absolute Gasteiger partial charge is 0.336 e. The summed E-state index contributed by atoms with van der Waals surface area (Å²) in [6, 6.07) is 6.06. The van der Waals surface area contributed by atoms with Crippen molar-refractivity contribution in [3.8, 4) is 5.75 Å². The first-order valence-corrected chi connectivity index (χ1v) is 9.95. The fourth-order valence-corrected chi connectivity index (χ4v) is 4.56. The molecule has 0 aromatic heterocycles. The Morgan fingerprint density at radius 1 is 1.25 bits per heavy atom. The fraction of sp³-hybridized carbons (Fsp3) is 0.478. The zero-order valence-corrected chi connectivity index (χ0v) is 17.0. The van der Waals surface area contributed by atoms with Gasteiger partial charge in [0.1, 0.15) is 11.4 Å². The summed E-state index contributed by atoms with van der Waals surface area (Å²) < 4.78 is 11.2. The Morgan fingerprint density at radius 2 is 2.04 bits per heavy atom. The van der Waals surface area contributed by atoms with Gasteiger partial charge in [-0.05, 0) is 63.6 Å². The highest BCUT2D eigenvalue weighted by atomic mass is 16.5. The molecule has 1 N–H and O–H groups in total. The maximum absolute atomic E-state index is 12.9. The molecule has 1 aliphatic carbocycles. The van der Waals surface area contributed by atoms with Gasteiger partial charge in [0.2, 0.25) is 0 Å². The number of benzene rings is 1. The lowest BCUT2D eigenvalue weighted by Gasteiger charge is -2.36.